The molecule has 0 aliphatic carbocycles. The summed E-state index contributed by atoms with van der Waals surface area (Å²) in [6.07, 6.45) is 1.67. The van der Waals surface area contributed by atoms with Gasteiger partial charge in [-0.1, -0.05) is 36.0 Å². The van der Waals surface area contributed by atoms with Crippen LogP contribution in [0.1, 0.15) is 17.2 Å². The molecule has 1 aromatic heterocycles. The number of hydrogen-bond acceptors (Lipinski definition) is 5. The lowest BCUT2D eigenvalue weighted by atomic mass is 10.00. The first-order chi connectivity index (χ1) is 11.0. The summed E-state index contributed by atoms with van der Waals surface area (Å²) in [5.41, 5.74) is 2.16. The van der Waals surface area contributed by atoms with Gasteiger partial charge in [0.1, 0.15) is 12.4 Å². The molecule has 7 heteroatoms. The molecular weight excluding hydrogens is 310 g/mol. The monoisotopic (exact) mass is 333 g/mol. The number of aromatic nitrogens is 3. The molecule has 0 aliphatic rings. The fourth-order valence-corrected chi connectivity index (χ4v) is 3.11. The molecule has 2 aromatic rings. The van der Waals surface area contributed by atoms with Gasteiger partial charge in [0.05, 0.1) is 0 Å². The molecule has 1 N–H and O–H groups in total. The van der Waals surface area contributed by atoms with E-state index in [4.69, 9.17) is 0 Å². The molecule has 0 radical (unpaired) electrons. The standard InChI is InChI=1S/C16H23N5OS/c1-12-7-5-6-8-13(12)14(20(2)3)15(22)17-9-10-23-16-19-18-11-21(16)4/h5-8,11,14H,9-10H2,1-4H3,(H,17,22)/t14-/m0/s1. The lowest BCUT2D eigenvalue weighted by Crippen LogP contribution is -2.38. The van der Waals surface area contributed by atoms with Crippen molar-refractivity contribution >= 4 is 17.7 Å². The third kappa shape index (κ3) is 4.56. The van der Waals surface area contributed by atoms with Gasteiger partial charge in [-0.2, -0.15) is 0 Å². The molecule has 0 saturated heterocycles. The van der Waals surface area contributed by atoms with Crippen LogP contribution in [0.3, 0.4) is 0 Å². The van der Waals surface area contributed by atoms with E-state index in [1.54, 1.807) is 18.1 Å². The second kappa shape index (κ2) is 8.12. The highest BCUT2D eigenvalue weighted by atomic mass is 32.2. The molecule has 0 aliphatic heterocycles. The minimum absolute atomic E-state index is 0.0165. The Balaban J connectivity index is 1.92. The normalized spacial score (nSPS) is 12.4. The quantitative estimate of drug-likeness (QED) is 0.616. The van der Waals surface area contributed by atoms with Gasteiger partial charge < -0.3 is 9.88 Å². The molecule has 0 saturated carbocycles. The Labute approximate surface area is 141 Å². The van der Waals surface area contributed by atoms with Gasteiger partial charge in [0.15, 0.2) is 5.16 Å². The van der Waals surface area contributed by atoms with Crippen LogP contribution in [0.5, 0.6) is 0 Å². The molecule has 1 aromatic carbocycles. The number of amides is 1. The molecule has 0 fully saturated rings. The first-order valence-corrected chi connectivity index (χ1v) is 8.45. The number of nitrogens with one attached hydrogen (secondary N) is 1. The lowest BCUT2D eigenvalue weighted by molar-refractivity contribution is -0.125. The van der Waals surface area contributed by atoms with Crippen molar-refractivity contribution in [3.63, 3.8) is 0 Å². The fourth-order valence-electron chi connectivity index (χ4n) is 2.36. The van der Waals surface area contributed by atoms with E-state index in [2.05, 4.69) is 15.5 Å². The van der Waals surface area contributed by atoms with Crippen molar-refractivity contribution in [2.75, 3.05) is 26.4 Å². The highest BCUT2D eigenvalue weighted by Crippen LogP contribution is 2.22. The summed E-state index contributed by atoms with van der Waals surface area (Å²) in [6, 6.07) is 7.71. The maximum absolute atomic E-state index is 12.6. The second-order valence-electron chi connectivity index (χ2n) is 5.59. The van der Waals surface area contributed by atoms with Crippen LogP contribution in [0.15, 0.2) is 35.7 Å². The van der Waals surface area contributed by atoms with Crippen molar-refractivity contribution in [2.24, 2.45) is 7.05 Å². The van der Waals surface area contributed by atoms with Crippen LogP contribution in [0.4, 0.5) is 0 Å². The van der Waals surface area contributed by atoms with Crippen LogP contribution in [0.25, 0.3) is 0 Å². The Morgan fingerprint density at radius 2 is 2.13 bits per heavy atom. The van der Waals surface area contributed by atoms with Gasteiger partial charge in [0.2, 0.25) is 5.91 Å². The predicted octanol–water partition coefficient (Wildman–Crippen LogP) is 1.63. The summed E-state index contributed by atoms with van der Waals surface area (Å²) in [4.78, 5) is 14.5. The number of likely N-dealkylation sites (N-methyl/N-ethyl adjacent to an activating group) is 1. The SMILES string of the molecule is Cc1ccccc1[C@@H](C(=O)NCCSc1nncn1C)N(C)C. The van der Waals surface area contributed by atoms with E-state index in [0.717, 1.165) is 22.0 Å². The highest BCUT2D eigenvalue weighted by Gasteiger charge is 2.23. The van der Waals surface area contributed by atoms with Crippen LogP contribution in [0.2, 0.25) is 0 Å². The largest absolute Gasteiger partial charge is 0.354 e. The van der Waals surface area contributed by atoms with Crippen LogP contribution < -0.4 is 5.32 Å². The molecule has 1 amide bonds. The zero-order valence-electron chi connectivity index (χ0n) is 14.0. The van der Waals surface area contributed by atoms with Crippen molar-refractivity contribution in [3.8, 4) is 0 Å². The zero-order chi connectivity index (χ0) is 16.8. The molecule has 23 heavy (non-hydrogen) atoms. The summed E-state index contributed by atoms with van der Waals surface area (Å²) in [5.74, 6) is 0.773. The number of nitrogens with zero attached hydrogens (tertiary/aromatic N) is 4. The van der Waals surface area contributed by atoms with Gasteiger partial charge in [0.25, 0.3) is 0 Å². The molecule has 124 valence electrons. The topological polar surface area (TPSA) is 63.1 Å². The Morgan fingerprint density at radius 3 is 2.74 bits per heavy atom. The van der Waals surface area contributed by atoms with Crippen LogP contribution in [-0.4, -0.2) is 52.0 Å². The Hall–Kier alpha value is -1.86. The summed E-state index contributed by atoms with van der Waals surface area (Å²) < 4.78 is 1.86. The minimum Gasteiger partial charge on any atom is -0.354 e. The van der Waals surface area contributed by atoms with Gasteiger partial charge in [-0.15, -0.1) is 10.2 Å². The van der Waals surface area contributed by atoms with Gasteiger partial charge >= 0.3 is 0 Å². The van der Waals surface area contributed by atoms with Crippen molar-refractivity contribution in [1.82, 2.24) is 25.0 Å². The summed E-state index contributed by atoms with van der Waals surface area (Å²) in [7, 11) is 5.75. The Kier molecular flexibility index (Phi) is 6.18. The number of aryl methyl sites for hydroxylation is 2. The highest BCUT2D eigenvalue weighted by molar-refractivity contribution is 7.99. The Bertz CT molecular complexity index is 655. The van der Waals surface area contributed by atoms with Crippen molar-refractivity contribution in [3.05, 3.63) is 41.7 Å². The van der Waals surface area contributed by atoms with Gasteiger partial charge in [0, 0.05) is 19.3 Å². The Morgan fingerprint density at radius 1 is 1.39 bits per heavy atom. The van der Waals surface area contributed by atoms with Gasteiger partial charge in [-0.05, 0) is 32.1 Å². The third-order valence-corrected chi connectivity index (χ3v) is 4.59. The first-order valence-electron chi connectivity index (χ1n) is 7.47. The van der Waals surface area contributed by atoms with E-state index in [1.165, 1.54) is 0 Å². The molecular formula is C16H23N5OS. The van der Waals surface area contributed by atoms with E-state index in [0.29, 0.717) is 6.54 Å². The number of rotatable bonds is 7. The molecule has 2 rings (SSSR count). The zero-order valence-corrected chi connectivity index (χ0v) is 14.8. The molecule has 0 unspecified atom stereocenters. The molecule has 1 atom stereocenters. The van der Waals surface area contributed by atoms with E-state index < -0.39 is 0 Å². The second-order valence-corrected chi connectivity index (χ2v) is 6.65. The number of benzene rings is 1. The average Bonchev–Trinajstić information content (AvgIpc) is 2.91. The van der Waals surface area contributed by atoms with Crippen LogP contribution in [0, 0.1) is 6.92 Å². The van der Waals surface area contributed by atoms with Crippen molar-refractivity contribution in [2.45, 2.75) is 18.1 Å². The van der Waals surface area contributed by atoms with Gasteiger partial charge in [-0.3, -0.25) is 9.69 Å². The number of carbonyl (C=O) groups is 1. The molecule has 6 nitrogen and oxygen atoms in total. The minimum atomic E-state index is -0.281. The first kappa shape index (κ1) is 17.5. The lowest BCUT2D eigenvalue weighted by Gasteiger charge is -2.25. The third-order valence-electron chi connectivity index (χ3n) is 3.55. The van der Waals surface area contributed by atoms with E-state index >= 15 is 0 Å². The van der Waals surface area contributed by atoms with E-state index in [-0.39, 0.29) is 11.9 Å². The van der Waals surface area contributed by atoms with E-state index in [9.17, 15) is 4.79 Å². The maximum Gasteiger partial charge on any atom is 0.241 e. The van der Waals surface area contributed by atoms with E-state index in [1.807, 2.05) is 61.8 Å². The number of thioether (sulfide) groups is 1. The molecule has 0 spiro atoms. The smallest absolute Gasteiger partial charge is 0.241 e. The molecule has 0 bridgehead atoms. The van der Waals surface area contributed by atoms with Crippen LogP contribution in [-0.2, 0) is 11.8 Å². The van der Waals surface area contributed by atoms with Gasteiger partial charge in [-0.25, -0.2) is 0 Å². The average molecular weight is 333 g/mol. The van der Waals surface area contributed by atoms with Crippen LogP contribution >= 0.6 is 11.8 Å². The number of hydrogen-bond donors (Lipinski definition) is 1. The fraction of sp³-hybridized carbons (Fsp3) is 0.438. The van der Waals surface area contributed by atoms with Crippen molar-refractivity contribution in [1.29, 1.82) is 0 Å². The predicted molar refractivity (Wildman–Crippen MR) is 92.3 cm³/mol. The molecule has 1 heterocycles. The summed E-state index contributed by atoms with van der Waals surface area (Å²) in [5, 5.41) is 11.7. The summed E-state index contributed by atoms with van der Waals surface area (Å²) >= 11 is 1.58. The van der Waals surface area contributed by atoms with Crippen molar-refractivity contribution < 1.29 is 4.79 Å². The maximum atomic E-state index is 12.6. The number of carbonyl (C=O) groups excluding carboxylic acids is 1. The summed E-state index contributed by atoms with van der Waals surface area (Å²) in [6.45, 7) is 2.62.